The monoisotopic (exact) mass is 232 g/mol. The summed E-state index contributed by atoms with van der Waals surface area (Å²) in [5, 5.41) is 6.03. The Morgan fingerprint density at radius 1 is 1.24 bits per heavy atom. The highest BCUT2D eigenvalue weighted by molar-refractivity contribution is 5.92. The first-order valence-electron chi connectivity index (χ1n) is 6.40. The predicted molar refractivity (Wildman–Crippen MR) is 69.9 cm³/mol. The van der Waals surface area contributed by atoms with Crippen LogP contribution in [0.3, 0.4) is 0 Å². The Balaban J connectivity index is 1.54. The number of carbonyl (C=O) groups is 1. The Morgan fingerprint density at radius 2 is 2.00 bits per heavy atom. The van der Waals surface area contributed by atoms with Crippen molar-refractivity contribution in [2.45, 2.75) is 25.7 Å². The molecule has 0 atom stereocenters. The Bertz CT molecular complexity index is 346. The minimum Gasteiger partial charge on any atom is -0.325 e. The average molecular weight is 232 g/mol. The summed E-state index contributed by atoms with van der Waals surface area (Å²) < 4.78 is 0. The molecule has 3 heteroatoms. The highest BCUT2D eigenvalue weighted by Gasteiger charge is 2.19. The zero-order chi connectivity index (χ0) is 11.9. The van der Waals surface area contributed by atoms with E-state index in [-0.39, 0.29) is 5.91 Å². The highest BCUT2D eigenvalue weighted by Crippen LogP contribution is 2.33. The van der Waals surface area contributed by atoms with Crippen LogP contribution in [0.25, 0.3) is 0 Å². The first-order valence-corrected chi connectivity index (χ1v) is 6.40. The van der Waals surface area contributed by atoms with Gasteiger partial charge in [0, 0.05) is 5.69 Å². The van der Waals surface area contributed by atoms with E-state index in [0.29, 0.717) is 6.54 Å². The number of hydrogen-bond acceptors (Lipinski definition) is 2. The molecule has 0 unspecified atom stereocenters. The van der Waals surface area contributed by atoms with E-state index >= 15 is 0 Å². The molecule has 2 N–H and O–H groups in total. The van der Waals surface area contributed by atoms with Gasteiger partial charge in [-0.2, -0.15) is 0 Å². The van der Waals surface area contributed by atoms with Crippen molar-refractivity contribution in [3.05, 3.63) is 30.3 Å². The lowest BCUT2D eigenvalue weighted by Crippen LogP contribution is -2.28. The molecule has 0 aliphatic heterocycles. The molecule has 2 rings (SSSR count). The number of para-hydroxylation sites is 1. The molecule has 0 spiro atoms. The molecule has 3 nitrogen and oxygen atoms in total. The summed E-state index contributed by atoms with van der Waals surface area (Å²) in [6.07, 6.45) is 5.32. The van der Waals surface area contributed by atoms with Gasteiger partial charge in [0.2, 0.25) is 5.91 Å². The maximum Gasteiger partial charge on any atom is 0.238 e. The van der Waals surface area contributed by atoms with Crippen LogP contribution in [0.1, 0.15) is 25.7 Å². The molecule has 0 radical (unpaired) electrons. The molecule has 1 aliphatic rings. The van der Waals surface area contributed by atoms with Crippen molar-refractivity contribution in [1.82, 2.24) is 5.32 Å². The molecule has 1 amide bonds. The van der Waals surface area contributed by atoms with E-state index in [2.05, 4.69) is 10.6 Å². The summed E-state index contributed by atoms with van der Waals surface area (Å²) in [5.74, 6) is 1.01. The zero-order valence-corrected chi connectivity index (χ0v) is 10.1. The van der Waals surface area contributed by atoms with Crippen LogP contribution in [0.4, 0.5) is 5.69 Å². The van der Waals surface area contributed by atoms with Crippen LogP contribution in [-0.4, -0.2) is 19.0 Å². The van der Waals surface area contributed by atoms with Gasteiger partial charge >= 0.3 is 0 Å². The van der Waals surface area contributed by atoms with Gasteiger partial charge in [0.25, 0.3) is 0 Å². The largest absolute Gasteiger partial charge is 0.325 e. The number of hydrogen-bond donors (Lipinski definition) is 2. The number of anilines is 1. The summed E-state index contributed by atoms with van der Waals surface area (Å²) >= 11 is 0. The van der Waals surface area contributed by atoms with Crippen LogP contribution < -0.4 is 10.6 Å². The van der Waals surface area contributed by atoms with E-state index in [1.165, 1.54) is 25.7 Å². The Kier molecular flexibility index (Phi) is 4.56. The molecule has 1 aliphatic carbocycles. The highest BCUT2D eigenvalue weighted by atomic mass is 16.1. The summed E-state index contributed by atoms with van der Waals surface area (Å²) in [5.41, 5.74) is 0.859. The van der Waals surface area contributed by atoms with E-state index in [4.69, 9.17) is 0 Å². The first-order chi connectivity index (χ1) is 8.34. The van der Waals surface area contributed by atoms with E-state index in [1.54, 1.807) is 0 Å². The van der Waals surface area contributed by atoms with E-state index < -0.39 is 0 Å². The number of amides is 1. The molecule has 92 valence electrons. The third-order valence-corrected chi connectivity index (χ3v) is 3.01. The quantitative estimate of drug-likeness (QED) is 0.709. The number of rotatable bonds is 7. The second-order valence-corrected chi connectivity index (χ2v) is 4.68. The van der Waals surface area contributed by atoms with Gasteiger partial charge in [-0.3, -0.25) is 4.79 Å². The van der Waals surface area contributed by atoms with E-state index in [0.717, 1.165) is 18.2 Å². The number of nitrogens with one attached hydrogen (secondary N) is 2. The molecular formula is C14H20N2O. The van der Waals surface area contributed by atoms with Crippen molar-refractivity contribution in [3.8, 4) is 0 Å². The molecule has 0 bridgehead atoms. The Labute approximate surface area is 103 Å². The summed E-state index contributed by atoms with van der Waals surface area (Å²) in [6, 6.07) is 9.55. The van der Waals surface area contributed by atoms with Crippen LogP contribution in [0.5, 0.6) is 0 Å². The minimum atomic E-state index is 0.0302. The topological polar surface area (TPSA) is 41.1 Å². The van der Waals surface area contributed by atoms with E-state index in [9.17, 15) is 4.79 Å². The lowest BCUT2D eigenvalue weighted by molar-refractivity contribution is -0.115. The van der Waals surface area contributed by atoms with Gasteiger partial charge in [-0.25, -0.2) is 0 Å². The molecule has 1 fully saturated rings. The molecular weight excluding hydrogens is 212 g/mol. The van der Waals surface area contributed by atoms with Crippen molar-refractivity contribution in [2.24, 2.45) is 5.92 Å². The minimum absolute atomic E-state index is 0.0302. The lowest BCUT2D eigenvalue weighted by Gasteiger charge is -2.06. The fourth-order valence-corrected chi connectivity index (χ4v) is 1.85. The molecule has 0 saturated heterocycles. The van der Waals surface area contributed by atoms with Crippen molar-refractivity contribution >= 4 is 11.6 Å². The molecule has 17 heavy (non-hydrogen) atoms. The number of benzene rings is 1. The fourth-order valence-electron chi connectivity index (χ4n) is 1.85. The van der Waals surface area contributed by atoms with Gasteiger partial charge in [0.1, 0.15) is 0 Å². The van der Waals surface area contributed by atoms with Crippen LogP contribution >= 0.6 is 0 Å². The third kappa shape index (κ3) is 5.00. The van der Waals surface area contributed by atoms with Crippen molar-refractivity contribution in [1.29, 1.82) is 0 Å². The molecule has 0 aromatic heterocycles. The standard InChI is InChI=1S/C14H20N2O/c17-14(16-13-6-2-1-3-7-13)11-15-10-4-5-12-8-9-12/h1-3,6-7,12,15H,4-5,8-11H2,(H,16,17). The van der Waals surface area contributed by atoms with Crippen LogP contribution in [0.2, 0.25) is 0 Å². The first kappa shape index (κ1) is 12.1. The van der Waals surface area contributed by atoms with Crippen molar-refractivity contribution in [3.63, 3.8) is 0 Å². The average Bonchev–Trinajstić information content (AvgIpc) is 3.14. The fraction of sp³-hybridized carbons (Fsp3) is 0.500. The lowest BCUT2D eigenvalue weighted by atomic mass is 10.2. The second kappa shape index (κ2) is 6.40. The van der Waals surface area contributed by atoms with Crippen LogP contribution in [0.15, 0.2) is 30.3 Å². The van der Waals surface area contributed by atoms with Gasteiger partial charge in [-0.1, -0.05) is 31.0 Å². The van der Waals surface area contributed by atoms with Gasteiger partial charge in [0.05, 0.1) is 6.54 Å². The molecule has 0 heterocycles. The van der Waals surface area contributed by atoms with Crippen molar-refractivity contribution in [2.75, 3.05) is 18.4 Å². The Morgan fingerprint density at radius 3 is 2.71 bits per heavy atom. The van der Waals surface area contributed by atoms with Crippen molar-refractivity contribution < 1.29 is 4.79 Å². The predicted octanol–water partition coefficient (Wildman–Crippen LogP) is 2.40. The second-order valence-electron chi connectivity index (χ2n) is 4.68. The molecule has 1 saturated carbocycles. The van der Waals surface area contributed by atoms with Crippen LogP contribution in [0, 0.1) is 5.92 Å². The Hall–Kier alpha value is -1.35. The van der Waals surface area contributed by atoms with Crippen LogP contribution in [-0.2, 0) is 4.79 Å². The van der Waals surface area contributed by atoms with Gasteiger partial charge in [0.15, 0.2) is 0 Å². The van der Waals surface area contributed by atoms with E-state index in [1.807, 2.05) is 30.3 Å². The smallest absolute Gasteiger partial charge is 0.238 e. The third-order valence-electron chi connectivity index (χ3n) is 3.01. The van der Waals surface area contributed by atoms with Gasteiger partial charge < -0.3 is 10.6 Å². The summed E-state index contributed by atoms with van der Waals surface area (Å²) in [6.45, 7) is 1.35. The number of carbonyl (C=O) groups excluding carboxylic acids is 1. The molecule has 1 aromatic rings. The maximum atomic E-state index is 11.5. The summed E-state index contributed by atoms with van der Waals surface area (Å²) in [4.78, 5) is 11.5. The maximum absolute atomic E-state index is 11.5. The zero-order valence-electron chi connectivity index (χ0n) is 10.1. The molecule has 1 aromatic carbocycles. The van der Waals surface area contributed by atoms with Gasteiger partial charge in [-0.15, -0.1) is 0 Å². The van der Waals surface area contributed by atoms with Gasteiger partial charge in [-0.05, 0) is 37.4 Å². The summed E-state index contributed by atoms with van der Waals surface area (Å²) in [7, 11) is 0. The normalized spacial score (nSPS) is 14.6. The SMILES string of the molecule is O=C(CNCCCC1CC1)Nc1ccccc1.